The topological polar surface area (TPSA) is 39.4 Å². The van der Waals surface area contributed by atoms with E-state index in [1.807, 2.05) is 49.0 Å². The van der Waals surface area contributed by atoms with Crippen LogP contribution in [0.1, 0.15) is 24.2 Å². The fraction of sp³-hybridized carbons (Fsp3) is 0.286. The summed E-state index contributed by atoms with van der Waals surface area (Å²) in [6.45, 7) is 2.04. The standard InChI is InChI=1S/C14H17N3O/c1-11(13-6-4-5-7-14(13)18-3)15-8-12-9-17(2)10-16-12/h4-11H,1-3H3. The summed E-state index contributed by atoms with van der Waals surface area (Å²) in [7, 11) is 3.61. The number of para-hydroxylation sites is 1. The van der Waals surface area contributed by atoms with E-state index >= 15 is 0 Å². The minimum Gasteiger partial charge on any atom is -0.496 e. The summed E-state index contributed by atoms with van der Waals surface area (Å²) in [5.74, 6) is 0.864. The molecule has 0 aliphatic rings. The van der Waals surface area contributed by atoms with Crippen LogP contribution < -0.4 is 4.74 Å². The molecular weight excluding hydrogens is 226 g/mol. The molecule has 1 aromatic heterocycles. The van der Waals surface area contributed by atoms with Crippen LogP contribution in [0.2, 0.25) is 0 Å². The third-order valence-corrected chi connectivity index (χ3v) is 2.74. The summed E-state index contributed by atoms with van der Waals surface area (Å²) in [5, 5.41) is 0. The SMILES string of the molecule is COc1ccccc1C(C)N=Cc1cn(C)cn1. The van der Waals surface area contributed by atoms with E-state index in [0.29, 0.717) is 0 Å². The predicted octanol–water partition coefficient (Wildman–Crippen LogP) is 2.61. The molecule has 4 nitrogen and oxygen atoms in total. The number of benzene rings is 1. The lowest BCUT2D eigenvalue weighted by molar-refractivity contribution is 0.407. The van der Waals surface area contributed by atoms with Gasteiger partial charge in [0, 0.05) is 25.0 Å². The van der Waals surface area contributed by atoms with Crippen molar-refractivity contribution in [3.05, 3.63) is 48.0 Å². The Morgan fingerprint density at radius 1 is 1.39 bits per heavy atom. The van der Waals surface area contributed by atoms with Gasteiger partial charge in [-0.25, -0.2) is 4.98 Å². The van der Waals surface area contributed by atoms with Crippen molar-refractivity contribution in [2.45, 2.75) is 13.0 Å². The molecule has 1 atom stereocenters. The highest BCUT2D eigenvalue weighted by atomic mass is 16.5. The molecule has 1 heterocycles. The van der Waals surface area contributed by atoms with Crippen LogP contribution in [-0.2, 0) is 7.05 Å². The van der Waals surface area contributed by atoms with E-state index in [1.54, 1.807) is 19.7 Å². The minimum absolute atomic E-state index is 0.0446. The first-order valence-corrected chi connectivity index (χ1v) is 5.84. The highest BCUT2D eigenvalue weighted by Gasteiger charge is 2.08. The molecule has 94 valence electrons. The van der Waals surface area contributed by atoms with Crippen LogP contribution in [0.15, 0.2) is 41.8 Å². The van der Waals surface area contributed by atoms with Gasteiger partial charge in [-0.05, 0) is 13.0 Å². The quantitative estimate of drug-likeness (QED) is 0.774. The lowest BCUT2D eigenvalue weighted by atomic mass is 10.1. The molecule has 0 saturated carbocycles. The molecule has 2 aromatic rings. The van der Waals surface area contributed by atoms with Crippen molar-refractivity contribution < 1.29 is 4.74 Å². The number of hydrogen-bond acceptors (Lipinski definition) is 3. The van der Waals surface area contributed by atoms with E-state index in [2.05, 4.69) is 9.98 Å². The molecule has 1 unspecified atom stereocenters. The van der Waals surface area contributed by atoms with E-state index < -0.39 is 0 Å². The number of imidazole rings is 1. The van der Waals surface area contributed by atoms with Crippen LogP contribution >= 0.6 is 0 Å². The largest absolute Gasteiger partial charge is 0.496 e. The smallest absolute Gasteiger partial charge is 0.124 e. The van der Waals surface area contributed by atoms with Crippen LogP contribution in [0, 0.1) is 0 Å². The monoisotopic (exact) mass is 243 g/mol. The molecule has 0 radical (unpaired) electrons. The third-order valence-electron chi connectivity index (χ3n) is 2.74. The average molecular weight is 243 g/mol. The summed E-state index contributed by atoms with van der Waals surface area (Å²) in [6, 6.07) is 7.96. The van der Waals surface area contributed by atoms with Crippen LogP contribution in [-0.4, -0.2) is 22.9 Å². The molecule has 0 spiro atoms. The Kier molecular flexibility index (Phi) is 3.77. The van der Waals surface area contributed by atoms with E-state index in [9.17, 15) is 0 Å². The highest BCUT2D eigenvalue weighted by Crippen LogP contribution is 2.26. The van der Waals surface area contributed by atoms with Gasteiger partial charge in [0.05, 0.1) is 25.2 Å². The Morgan fingerprint density at radius 2 is 2.17 bits per heavy atom. The lowest BCUT2D eigenvalue weighted by Gasteiger charge is -2.11. The van der Waals surface area contributed by atoms with E-state index in [0.717, 1.165) is 17.0 Å². The Labute approximate surface area is 107 Å². The Bertz CT molecular complexity index is 545. The van der Waals surface area contributed by atoms with Gasteiger partial charge in [0.15, 0.2) is 0 Å². The summed E-state index contributed by atoms with van der Waals surface area (Å²) in [4.78, 5) is 8.71. The Morgan fingerprint density at radius 3 is 2.83 bits per heavy atom. The van der Waals surface area contributed by atoms with Gasteiger partial charge >= 0.3 is 0 Å². The molecule has 4 heteroatoms. The van der Waals surface area contributed by atoms with Crippen molar-refractivity contribution in [3.8, 4) is 5.75 Å². The zero-order chi connectivity index (χ0) is 13.0. The number of aliphatic imine (C=N–C) groups is 1. The number of rotatable bonds is 4. The normalized spacial score (nSPS) is 12.8. The minimum atomic E-state index is 0.0446. The molecular formula is C14H17N3O. The van der Waals surface area contributed by atoms with E-state index in [4.69, 9.17) is 4.74 Å². The predicted molar refractivity (Wildman–Crippen MR) is 72.2 cm³/mol. The molecule has 0 aliphatic heterocycles. The fourth-order valence-corrected chi connectivity index (χ4v) is 1.78. The first-order valence-electron chi connectivity index (χ1n) is 5.84. The summed E-state index contributed by atoms with van der Waals surface area (Å²) >= 11 is 0. The number of ether oxygens (including phenoxy) is 1. The van der Waals surface area contributed by atoms with Crippen molar-refractivity contribution >= 4 is 6.21 Å². The van der Waals surface area contributed by atoms with Gasteiger partial charge < -0.3 is 9.30 Å². The van der Waals surface area contributed by atoms with Crippen molar-refractivity contribution in [1.82, 2.24) is 9.55 Å². The van der Waals surface area contributed by atoms with E-state index in [-0.39, 0.29) is 6.04 Å². The second-order valence-electron chi connectivity index (χ2n) is 4.16. The summed E-state index contributed by atoms with van der Waals surface area (Å²) < 4.78 is 7.23. The number of methoxy groups -OCH3 is 1. The number of hydrogen-bond donors (Lipinski definition) is 0. The molecule has 0 N–H and O–H groups in total. The van der Waals surface area contributed by atoms with Gasteiger partial charge in [-0.1, -0.05) is 18.2 Å². The zero-order valence-electron chi connectivity index (χ0n) is 10.9. The van der Waals surface area contributed by atoms with Gasteiger partial charge in [0.25, 0.3) is 0 Å². The zero-order valence-corrected chi connectivity index (χ0v) is 10.9. The maximum Gasteiger partial charge on any atom is 0.124 e. The first kappa shape index (κ1) is 12.4. The van der Waals surface area contributed by atoms with Crippen molar-refractivity contribution in [2.75, 3.05) is 7.11 Å². The van der Waals surface area contributed by atoms with Crippen molar-refractivity contribution in [1.29, 1.82) is 0 Å². The second-order valence-corrected chi connectivity index (χ2v) is 4.16. The molecule has 0 fully saturated rings. The van der Waals surface area contributed by atoms with Gasteiger partial charge in [-0.2, -0.15) is 0 Å². The Balaban J connectivity index is 2.16. The highest BCUT2D eigenvalue weighted by molar-refractivity contribution is 5.76. The van der Waals surface area contributed by atoms with E-state index in [1.165, 1.54) is 0 Å². The summed E-state index contributed by atoms with van der Waals surface area (Å²) in [5.41, 5.74) is 1.94. The first-order chi connectivity index (χ1) is 8.70. The average Bonchev–Trinajstić information content (AvgIpc) is 2.81. The van der Waals surface area contributed by atoms with Crippen LogP contribution in [0.3, 0.4) is 0 Å². The van der Waals surface area contributed by atoms with Gasteiger partial charge in [0.2, 0.25) is 0 Å². The number of aromatic nitrogens is 2. The van der Waals surface area contributed by atoms with Crippen molar-refractivity contribution in [3.63, 3.8) is 0 Å². The fourth-order valence-electron chi connectivity index (χ4n) is 1.78. The van der Waals surface area contributed by atoms with Gasteiger partial charge in [-0.15, -0.1) is 0 Å². The number of nitrogens with zero attached hydrogens (tertiary/aromatic N) is 3. The number of aryl methyl sites for hydroxylation is 1. The Hall–Kier alpha value is -2.10. The molecule has 18 heavy (non-hydrogen) atoms. The van der Waals surface area contributed by atoms with Gasteiger partial charge in [0.1, 0.15) is 5.75 Å². The summed E-state index contributed by atoms with van der Waals surface area (Å²) in [6.07, 6.45) is 5.48. The van der Waals surface area contributed by atoms with Gasteiger partial charge in [-0.3, -0.25) is 4.99 Å². The molecule has 1 aromatic carbocycles. The second kappa shape index (κ2) is 5.49. The third kappa shape index (κ3) is 2.77. The van der Waals surface area contributed by atoms with Crippen LogP contribution in [0.4, 0.5) is 0 Å². The molecule has 2 rings (SSSR count). The lowest BCUT2D eigenvalue weighted by Crippen LogP contribution is -1.96. The van der Waals surface area contributed by atoms with Crippen molar-refractivity contribution in [2.24, 2.45) is 12.0 Å². The molecule has 0 aliphatic carbocycles. The molecule has 0 amide bonds. The molecule has 0 bridgehead atoms. The van der Waals surface area contributed by atoms with Crippen LogP contribution in [0.25, 0.3) is 0 Å². The maximum absolute atomic E-state index is 5.33. The molecule has 0 saturated heterocycles. The van der Waals surface area contributed by atoms with Crippen LogP contribution in [0.5, 0.6) is 5.75 Å². The maximum atomic E-state index is 5.33.